The highest BCUT2D eigenvalue weighted by Gasteiger charge is 2.47. The third-order valence-corrected chi connectivity index (χ3v) is 7.42. The largest absolute Gasteiger partial charge is 0.493 e. The molecule has 1 atom stereocenters. The van der Waals surface area contributed by atoms with Crippen LogP contribution >= 0.6 is 0 Å². The average Bonchev–Trinajstić information content (AvgIpc) is 2.94. The number of rotatable bonds is 15. The maximum absolute atomic E-state index is 13.3. The van der Waals surface area contributed by atoms with E-state index in [0.717, 1.165) is 49.1 Å². The van der Waals surface area contributed by atoms with E-state index in [2.05, 4.69) is 20.8 Å². The van der Waals surface area contributed by atoms with Crippen LogP contribution < -0.4 is 9.64 Å². The first-order valence-electron chi connectivity index (χ1n) is 15.3. The predicted octanol–water partition coefficient (Wildman–Crippen LogP) is 7.13. The minimum Gasteiger partial charge on any atom is -0.493 e. The van der Waals surface area contributed by atoms with Crippen molar-refractivity contribution in [3.05, 3.63) is 54.1 Å². The molecule has 0 spiro atoms. The third kappa shape index (κ3) is 9.78. The number of amidine groups is 1. The summed E-state index contributed by atoms with van der Waals surface area (Å²) in [5.74, 6) is -2.25. The van der Waals surface area contributed by atoms with E-state index in [1.54, 1.807) is 13.8 Å². The number of benzene rings is 2. The van der Waals surface area contributed by atoms with E-state index < -0.39 is 23.6 Å². The highest BCUT2D eigenvalue weighted by Crippen LogP contribution is 2.29. The SMILES string of the molecule is CCCCCCCN(Cc1ccc(OCC(C)CC)cc1)C(=Nc1ccc(N(C)C)cc1)C1C(=O)OC(C)(C)OC1=O. The molecule has 1 aliphatic rings. The lowest BCUT2D eigenvalue weighted by molar-refractivity contribution is -0.236. The lowest BCUT2D eigenvalue weighted by atomic mass is 10.0. The Kier molecular flexibility index (Phi) is 12.3. The van der Waals surface area contributed by atoms with E-state index >= 15 is 0 Å². The summed E-state index contributed by atoms with van der Waals surface area (Å²) in [5, 5.41) is 0. The standard InChI is InChI=1S/C34H49N3O5/c1-8-10-11-12-13-22-37(23-26-14-20-29(21-15-26)40-24-25(3)9-2)31(30-32(38)41-34(4,5)42-33(30)39)35-27-16-18-28(19-17-27)36(6)7/h14-21,25,30H,8-13,22-24H2,1-7H3. The van der Waals surface area contributed by atoms with Crippen LogP contribution in [-0.4, -0.2) is 55.7 Å². The van der Waals surface area contributed by atoms with Crippen molar-refractivity contribution in [1.29, 1.82) is 0 Å². The molecular formula is C34H49N3O5. The molecule has 1 heterocycles. The molecule has 2 aromatic carbocycles. The fraction of sp³-hybridized carbons (Fsp3) is 0.559. The van der Waals surface area contributed by atoms with Crippen molar-refractivity contribution in [2.45, 2.75) is 85.5 Å². The first-order chi connectivity index (χ1) is 20.0. The number of carbonyl (C=O) groups is 2. The van der Waals surface area contributed by atoms with Crippen molar-refractivity contribution in [3.8, 4) is 5.75 Å². The number of cyclic esters (lactones) is 2. The van der Waals surface area contributed by atoms with Gasteiger partial charge in [-0.05, 0) is 54.3 Å². The van der Waals surface area contributed by atoms with Gasteiger partial charge < -0.3 is 24.0 Å². The normalized spacial score (nSPS) is 16.0. The molecule has 3 rings (SSSR count). The van der Waals surface area contributed by atoms with E-state index in [1.165, 1.54) is 6.42 Å². The molecule has 8 heteroatoms. The quantitative estimate of drug-likeness (QED) is 0.0730. The summed E-state index contributed by atoms with van der Waals surface area (Å²) < 4.78 is 17.0. The number of hydrogen-bond donors (Lipinski definition) is 0. The monoisotopic (exact) mass is 579 g/mol. The summed E-state index contributed by atoms with van der Waals surface area (Å²) >= 11 is 0. The Morgan fingerprint density at radius 2 is 1.55 bits per heavy atom. The molecule has 1 fully saturated rings. The Bertz CT molecular complexity index is 1150. The van der Waals surface area contributed by atoms with E-state index in [-0.39, 0.29) is 0 Å². The van der Waals surface area contributed by atoms with Gasteiger partial charge in [-0.1, -0.05) is 65.0 Å². The number of anilines is 1. The van der Waals surface area contributed by atoms with Crippen molar-refractivity contribution >= 4 is 29.1 Å². The number of unbranched alkanes of at least 4 members (excludes halogenated alkanes) is 4. The summed E-state index contributed by atoms with van der Waals surface area (Å²) in [6, 6.07) is 15.7. The molecule has 8 nitrogen and oxygen atoms in total. The van der Waals surface area contributed by atoms with Crippen molar-refractivity contribution in [2.75, 3.05) is 32.1 Å². The van der Waals surface area contributed by atoms with Crippen LogP contribution in [0.1, 0.15) is 78.7 Å². The molecule has 0 aromatic heterocycles. The maximum atomic E-state index is 13.3. The number of ether oxygens (including phenoxy) is 3. The molecule has 0 aliphatic carbocycles. The Morgan fingerprint density at radius 3 is 2.12 bits per heavy atom. The fourth-order valence-electron chi connectivity index (χ4n) is 4.65. The average molecular weight is 580 g/mol. The van der Waals surface area contributed by atoms with Gasteiger partial charge in [0.05, 0.1) is 12.3 Å². The van der Waals surface area contributed by atoms with Gasteiger partial charge in [0.25, 0.3) is 5.79 Å². The molecular weight excluding hydrogens is 530 g/mol. The van der Waals surface area contributed by atoms with E-state index in [4.69, 9.17) is 19.2 Å². The first kappa shape index (κ1) is 33.0. The molecule has 0 amide bonds. The van der Waals surface area contributed by atoms with Crippen molar-refractivity contribution in [1.82, 2.24) is 4.90 Å². The van der Waals surface area contributed by atoms with E-state index in [9.17, 15) is 9.59 Å². The summed E-state index contributed by atoms with van der Waals surface area (Å²) in [4.78, 5) is 35.6. The number of nitrogens with zero attached hydrogens (tertiary/aromatic N) is 3. The first-order valence-corrected chi connectivity index (χ1v) is 15.3. The molecule has 0 N–H and O–H groups in total. The van der Waals surface area contributed by atoms with Crippen LogP contribution in [0, 0.1) is 11.8 Å². The molecule has 1 unspecified atom stereocenters. The fourth-order valence-corrected chi connectivity index (χ4v) is 4.65. The van der Waals surface area contributed by atoms with Gasteiger partial charge in [0.15, 0.2) is 0 Å². The van der Waals surface area contributed by atoms with Gasteiger partial charge in [-0.25, -0.2) is 4.99 Å². The molecule has 0 bridgehead atoms. The number of carbonyl (C=O) groups excluding carboxylic acids is 2. The molecule has 0 saturated carbocycles. The van der Waals surface area contributed by atoms with Crippen LogP contribution in [0.5, 0.6) is 5.75 Å². The molecule has 1 saturated heterocycles. The van der Waals surface area contributed by atoms with Crippen molar-refractivity contribution < 1.29 is 23.8 Å². The van der Waals surface area contributed by atoms with Crippen LogP contribution in [0.15, 0.2) is 53.5 Å². The zero-order valence-electron chi connectivity index (χ0n) is 26.5. The Morgan fingerprint density at radius 1 is 0.929 bits per heavy atom. The van der Waals surface area contributed by atoms with Crippen LogP contribution in [0.25, 0.3) is 0 Å². The molecule has 2 aromatic rings. The molecule has 1 aliphatic heterocycles. The summed E-state index contributed by atoms with van der Waals surface area (Å²) in [7, 11) is 3.95. The van der Waals surface area contributed by atoms with Gasteiger partial charge in [0, 0.05) is 46.7 Å². The summed E-state index contributed by atoms with van der Waals surface area (Å²) in [6.07, 6.45) is 6.47. The molecule has 230 valence electrons. The minimum atomic E-state index is -1.32. The number of hydrogen-bond acceptors (Lipinski definition) is 7. The number of esters is 2. The third-order valence-electron chi connectivity index (χ3n) is 7.42. The topological polar surface area (TPSA) is 80.7 Å². The Labute approximate surface area is 252 Å². The van der Waals surface area contributed by atoms with E-state index in [0.29, 0.717) is 37.1 Å². The second-order valence-electron chi connectivity index (χ2n) is 11.9. The zero-order valence-corrected chi connectivity index (χ0v) is 26.5. The Hall–Kier alpha value is -3.55. The van der Waals surface area contributed by atoms with E-state index in [1.807, 2.05) is 72.4 Å². The highest BCUT2D eigenvalue weighted by atomic mass is 16.7. The maximum Gasteiger partial charge on any atom is 0.331 e. The summed E-state index contributed by atoms with van der Waals surface area (Å²) in [6.45, 7) is 11.4. The van der Waals surface area contributed by atoms with Crippen LogP contribution in [0.4, 0.5) is 11.4 Å². The van der Waals surface area contributed by atoms with Gasteiger partial charge >= 0.3 is 11.9 Å². The second kappa shape index (κ2) is 15.6. The lowest BCUT2D eigenvalue weighted by Crippen LogP contribution is -2.52. The van der Waals surface area contributed by atoms with Crippen molar-refractivity contribution in [2.24, 2.45) is 16.8 Å². The van der Waals surface area contributed by atoms with Gasteiger partial charge in [-0.3, -0.25) is 9.59 Å². The van der Waals surface area contributed by atoms with Gasteiger partial charge in [-0.2, -0.15) is 0 Å². The second-order valence-corrected chi connectivity index (χ2v) is 11.9. The molecule has 0 radical (unpaired) electrons. The van der Waals surface area contributed by atoms with Gasteiger partial charge in [-0.15, -0.1) is 0 Å². The zero-order chi connectivity index (χ0) is 30.7. The van der Waals surface area contributed by atoms with Gasteiger partial charge in [0.2, 0.25) is 5.92 Å². The van der Waals surface area contributed by atoms with Gasteiger partial charge in [0.1, 0.15) is 11.6 Å². The predicted molar refractivity (Wildman–Crippen MR) is 168 cm³/mol. The molecule has 42 heavy (non-hydrogen) atoms. The lowest BCUT2D eigenvalue weighted by Gasteiger charge is -2.36. The summed E-state index contributed by atoms with van der Waals surface area (Å²) in [5.41, 5.74) is 2.69. The number of aliphatic imine (C=N–C) groups is 1. The smallest absolute Gasteiger partial charge is 0.331 e. The van der Waals surface area contributed by atoms with Crippen LogP contribution in [0.3, 0.4) is 0 Å². The minimum absolute atomic E-state index is 0.339. The van der Waals surface area contributed by atoms with Crippen LogP contribution in [0.2, 0.25) is 0 Å². The van der Waals surface area contributed by atoms with Crippen LogP contribution in [-0.2, 0) is 25.6 Å². The van der Waals surface area contributed by atoms with Crippen molar-refractivity contribution in [3.63, 3.8) is 0 Å². The Balaban J connectivity index is 1.97. The highest BCUT2D eigenvalue weighted by molar-refractivity contribution is 6.17.